The average Bonchev–Trinajstić information content (AvgIpc) is 3.25. The van der Waals surface area contributed by atoms with Gasteiger partial charge in [0.2, 0.25) is 0 Å². The summed E-state index contributed by atoms with van der Waals surface area (Å²) in [6, 6.07) is 9.92. The van der Waals surface area contributed by atoms with Gasteiger partial charge in [0.15, 0.2) is 17.2 Å². The van der Waals surface area contributed by atoms with Crippen molar-refractivity contribution in [3.8, 4) is 6.07 Å². The maximum absolute atomic E-state index is 9.07. The molecule has 4 N–H and O–H groups in total. The SMILES string of the molecule is N#Cc1c(N)n[nH]c1CCCCCNc1ncnc2c1oc1ccccc12. The van der Waals surface area contributed by atoms with Gasteiger partial charge in [-0.05, 0) is 31.4 Å². The zero-order valence-electron chi connectivity index (χ0n) is 14.7. The molecule has 136 valence electrons. The number of nitrogens with two attached hydrogens (primary N) is 1. The van der Waals surface area contributed by atoms with E-state index >= 15 is 0 Å². The number of hydrogen-bond acceptors (Lipinski definition) is 7. The lowest BCUT2D eigenvalue weighted by Crippen LogP contribution is -2.04. The molecule has 0 saturated heterocycles. The highest BCUT2D eigenvalue weighted by molar-refractivity contribution is 6.05. The number of unbranched alkanes of at least 4 members (excludes halogenated alkanes) is 2. The van der Waals surface area contributed by atoms with Crippen LogP contribution in [0.2, 0.25) is 0 Å². The lowest BCUT2D eigenvalue weighted by Gasteiger charge is -2.05. The molecule has 0 aliphatic heterocycles. The van der Waals surface area contributed by atoms with E-state index in [-0.39, 0.29) is 5.82 Å². The molecule has 0 atom stereocenters. The first-order valence-electron chi connectivity index (χ1n) is 8.87. The minimum absolute atomic E-state index is 0.271. The zero-order valence-corrected chi connectivity index (χ0v) is 14.7. The Morgan fingerprint density at radius 3 is 2.96 bits per heavy atom. The molecule has 8 heteroatoms. The number of nitrogens with zero attached hydrogens (tertiary/aromatic N) is 4. The van der Waals surface area contributed by atoms with Gasteiger partial charge in [0, 0.05) is 11.9 Å². The zero-order chi connectivity index (χ0) is 18.6. The topological polar surface area (TPSA) is 129 Å². The van der Waals surface area contributed by atoms with Gasteiger partial charge in [0.25, 0.3) is 0 Å². The number of nitrogens with one attached hydrogen (secondary N) is 2. The summed E-state index contributed by atoms with van der Waals surface area (Å²) < 4.78 is 5.91. The maximum Gasteiger partial charge on any atom is 0.196 e. The number of aromatic nitrogens is 4. The van der Waals surface area contributed by atoms with Gasteiger partial charge < -0.3 is 15.5 Å². The fourth-order valence-corrected chi connectivity index (χ4v) is 3.16. The molecule has 0 radical (unpaired) electrons. The van der Waals surface area contributed by atoms with E-state index in [1.54, 1.807) is 6.33 Å². The Labute approximate surface area is 155 Å². The number of para-hydroxylation sites is 1. The molecule has 3 heterocycles. The van der Waals surface area contributed by atoms with Crippen LogP contribution < -0.4 is 11.1 Å². The molecule has 27 heavy (non-hydrogen) atoms. The van der Waals surface area contributed by atoms with Crippen molar-refractivity contribution in [2.45, 2.75) is 25.7 Å². The fraction of sp³-hybridized carbons (Fsp3) is 0.263. The summed E-state index contributed by atoms with van der Waals surface area (Å²) in [6.07, 6.45) is 5.23. The Balaban J connectivity index is 1.32. The number of H-pyrrole nitrogens is 1. The van der Waals surface area contributed by atoms with Crippen LogP contribution in [0.5, 0.6) is 0 Å². The quantitative estimate of drug-likeness (QED) is 0.430. The van der Waals surface area contributed by atoms with Gasteiger partial charge in [-0.25, -0.2) is 9.97 Å². The Bertz CT molecular complexity index is 1120. The molecule has 0 aliphatic rings. The predicted octanol–water partition coefficient (Wildman–Crippen LogP) is 3.38. The third-order valence-electron chi connectivity index (χ3n) is 4.54. The minimum Gasteiger partial charge on any atom is -0.450 e. The maximum atomic E-state index is 9.07. The fourth-order valence-electron chi connectivity index (χ4n) is 3.16. The Kier molecular flexibility index (Phi) is 4.58. The van der Waals surface area contributed by atoms with Gasteiger partial charge in [-0.1, -0.05) is 18.6 Å². The summed E-state index contributed by atoms with van der Waals surface area (Å²) in [5.74, 6) is 0.983. The second kappa shape index (κ2) is 7.33. The molecule has 0 unspecified atom stereocenters. The summed E-state index contributed by atoms with van der Waals surface area (Å²) >= 11 is 0. The van der Waals surface area contributed by atoms with Crippen molar-refractivity contribution in [3.05, 3.63) is 41.9 Å². The molecule has 1 aromatic carbocycles. The molecule has 3 aromatic heterocycles. The van der Waals surface area contributed by atoms with E-state index in [2.05, 4.69) is 31.6 Å². The second-order valence-electron chi connectivity index (χ2n) is 6.31. The number of benzene rings is 1. The molecule has 0 saturated carbocycles. The monoisotopic (exact) mass is 361 g/mol. The first kappa shape index (κ1) is 16.8. The van der Waals surface area contributed by atoms with E-state index in [0.717, 1.165) is 54.4 Å². The molecule has 0 aliphatic carbocycles. The molecule has 0 spiro atoms. The van der Waals surface area contributed by atoms with E-state index in [4.69, 9.17) is 15.4 Å². The number of aryl methyl sites for hydroxylation is 1. The highest BCUT2D eigenvalue weighted by atomic mass is 16.3. The Morgan fingerprint density at radius 1 is 1.19 bits per heavy atom. The summed E-state index contributed by atoms with van der Waals surface area (Å²) in [4.78, 5) is 8.66. The van der Waals surface area contributed by atoms with Gasteiger partial charge in [-0.3, -0.25) is 5.10 Å². The smallest absolute Gasteiger partial charge is 0.196 e. The predicted molar refractivity (Wildman–Crippen MR) is 103 cm³/mol. The standard InChI is InChI=1S/C19H19N7O/c20-10-13-14(25-26-18(13)21)7-2-1-5-9-22-19-17-16(23-11-24-19)12-6-3-4-8-15(12)27-17/h3-4,6,8,11H,1-2,5,7,9H2,(H3,21,25,26)(H,22,23,24). The number of aromatic amines is 1. The largest absolute Gasteiger partial charge is 0.450 e. The third-order valence-corrected chi connectivity index (χ3v) is 4.54. The molecular weight excluding hydrogens is 342 g/mol. The molecule has 0 fully saturated rings. The van der Waals surface area contributed by atoms with E-state index in [1.165, 1.54) is 0 Å². The number of furan rings is 1. The van der Waals surface area contributed by atoms with Crippen molar-refractivity contribution in [3.63, 3.8) is 0 Å². The van der Waals surface area contributed by atoms with Crippen LogP contribution in [0.15, 0.2) is 35.0 Å². The normalized spacial score (nSPS) is 11.1. The molecular formula is C19H19N7O. The summed E-state index contributed by atoms with van der Waals surface area (Å²) in [5.41, 5.74) is 9.23. The molecule has 0 amide bonds. The number of fused-ring (bicyclic) bond motifs is 3. The first-order chi connectivity index (χ1) is 13.3. The molecule has 8 nitrogen and oxygen atoms in total. The summed E-state index contributed by atoms with van der Waals surface area (Å²) in [6.45, 7) is 0.777. The van der Waals surface area contributed by atoms with Crippen LogP contribution in [0.4, 0.5) is 11.6 Å². The first-order valence-corrected chi connectivity index (χ1v) is 8.87. The van der Waals surface area contributed by atoms with Crippen molar-refractivity contribution in [2.24, 2.45) is 0 Å². The van der Waals surface area contributed by atoms with Crippen molar-refractivity contribution in [1.82, 2.24) is 20.2 Å². The van der Waals surface area contributed by atoms with Crippen LogP contribution >= 0.6 is 0 Å². The highest BCUT2D eigenvalue weighted by Crippen LogP contribution is 2.30. The lowest BCUT2D eigenvalue weighted by molar-refractivity contribution is 0.663. The van der Waals surface area contributed by atoms with Gasteiger partial charge in [-0.2, -0.15) is 10.4 Å². The minimum atomic E-state index is 0.271. The van der Waals surface area contributed by atoms with Gasteiger partial charge in [0.1, 0.15) is 29.1 Å². The van der Waals surface area contributed by atoms with Crippen LogP contribution in [-0.4, -0.2) is 26.7 Å². The Morgan fingerprint density at radius 2 is 2.07 bits per heavy atom. The van der Waals surface area contributed by atoms with Crippen molar-refractivity contribution >= 4 is 33.7 Å². The summed E-state index contributed by atoms with van der Waals surface area (Å²) in [7, 11) is 0. The van der Waals surface area contributed by atoms with Crippen molar-refractivity contribution in [2.75, 3.05) is 17.6 Å². The van der Waals surface area contributed by atoms with Crippen molar-refractivity contribution in [1.29, 1.82) is 5.26 Å². The number of rotatable bonds is 7. The molecule has 4 aromatic rings. The van der Waals surface area contributed by atoms with Crippen molar-refractivity contribution < 1.29 is 4.42 Å². The number of anilines is 2. The number of nitriles is 1. The molecule has 4 rings (SSSR count). The third kappa shape index (κ3) is 3.27. The van der Waals surface area contributed by atoms with Crippen LogP contribution in [-0.2, 0) is 6.42 Å². The average molecular weight is 361 g/mol. The van der Waals surface area contributed by atoms with Gasteiger partial charge >= 0.3 is 0 Å². The number of nitrogen functional groups attached to an aromatic ring is 1. The van der Waals surface area contributed by atoms with Crippen LogP contribution in [0.3, 0.4) is 0 Å². The summed E-state index contributed by atoms with van der Waals surface area (Å²) in [5, 5.41) is 20.1. The van der Waals surface area contributed by atoms with Gasteiger partial charge in [-0.15, -0.1) is 0 Å². The van der Waals surface area contributed by atoms with E-state index in [1.807, 2.05) is 24.3 Å². The molecule has 0 bridgehead atoms. The van der Waals surface area contributed by atoms with Gasteiger partial charge in [0.05, 0.1) is 5.69 Å². The highest BCUT2D eigenvalue weighted by Gasteiger charge is 2.12. The van der Waals surface area contributed by atoms with E-state index in [0.29, 0.717) is 17.0 Å². The van der Waals surface area contributed by atoms with Crippen LogP contribution in [0, 0.1) is 11.3 Å². The van der Waals surface area contributed by atoms with Crippen LogP contribution in [0.25, 0.3) is 22.1 Å². The Hall–Kier alpha value is -3.60. The van der Waals surface area contributed by atoms with E-state index < -0.39 is 0 Å². The lowest BCUT2D eigenvalue weighted by atomic mass is 10.1. The number of hydrogen-bond donors (Lipinski definition) is 3. The van der Waals surface area contributed by atoms with E-state index in [9.17, 15) is 0 Å². The second-order valence-corrected chi connectivity index (χ2v) is 6.31. The van der Waals surface area contributed by atoms with Crippen LogP contribution in [0.1, 0.15) is 30.5 Å².